The van der Waals surface area contributed by atoms with Crippen LogP contribution in [0.1, 0.15) is 6.42 Å². The third-order valence-corrected chi connectivity index (χ3v) is 5.85. The van der Waals surface area contributed by atoms with Gasteiger partial charge in [0.05, 0.1) is 11.7 Å². The fraction of sp³-hybridized carbons (Fsp3) is 0.300. The van der Waals surface area contributed by atoms with Gasteiger partial charge in [-0.15, -0.1) is 11.3 Å². The first-order valence-corrected chi connectivity index (χ1v) is 10.4. The molecule has 0 unspecified atom stereocenters. The Labute approximate surface area is 175 Å². The summed E-state index contributed by atoms with van der Waals surface area (Å²) < 4.78 is 14.4. The van der Waals surface area contributed by atoms with E-state index in [2.05, 4.69) is 10.3 Å². The van der Waals surface area contributed by atoms with Crippen molar-refractivity contribution >= 4 is 39.2 Å². The summed E-state index contributed by atoms with van der Waals surface area (Å²) in [6.07, 6.45) is 1.67. The number of benzene rings is 1. The van der Waals surface area contributed by atoms with E-state index in [4.69, 9.17) is 0 Å². The maximum absolute atomic E-state index is 13.0. The molecule has 0 spiro atoms. The number of aryl methyl sites for hydroxylation is 1. The lowest BCUT2D eigenvalue weighted by Gasteiger charge is -2.34. The van der Waals surface area contributed by atoms with Crippen LogP contribution in [0, 0.1) is 5.82 Å². The van der Waals surface area contributed by atoms with E-state index in [1.54, 1.807) is 15.9 Å². The Balaban J connectivity index is 1.27. The second-order valence-corrected chi connectivity index (χ2v) is 7.83. The molecule has 0 radical (unpaired) electrons. The Kier molecular flexibility index (Phi) is 5.75. The third kappa shape index (κ3) is 4.33. The number of rotatable bonds is 4. The topological polar surface area (TPSA) is 87.5 Å². The normalized spacial score (nSPS) is 14.2. The molecule has 4 rings (SSSR count). The van der Waals surface area contributed by atoms with Crippen LogP contribution in [-0.4, -0.2) is 57.5 Å². The molecule has 2 aromatic heterocycles. The summed E-state index contributed by atoms with van der Waals surface area (Å²) in [5.41, 5.74) is 0.373. The van der Waals surface area contributed by atoms with Crippen LogP contribution in [0.2, 0.25) is 0 Å². The second-order valence-electron chi connectivity index (χ2n) is 6.94. The van der Waals surface area contributed by atoms with Crippen molar-refractivity contribution in [1.29, 1.82) is 0 Å². The van der Waals surface area contributed by atoms with E-state index < -0.39 is 0 Å². The van der Waals surface area contributed by atoms with E-state index in [0.29, 0.717) is 42.1 Å². The number of anilines is 1. The molecule has 8 nitrogen and oxygen atoms in total. The number of carbonyl (C=O) groups excluding carboxylic acids is 2. The fourth-order valence-corrected chi connectivity index (χ4v) is 4.04. The molecule has 10 heteroatoms. The molecular formula is C20H20FN5O3S. The summed E-state index contributed by atoms with van der Waals surface area (Å²) in [5, 5.41) is 5.11. The number of halogens is 1. The molecule has 1 aliphatic rings. The van der Waals surface area contributed by atoms with Crippen molar-refractivity contribution in [3.05, 3.63) is 58.2 Å². The van der Waals surface area contributed by atoms with Gasteiger partial charge in [0.15, 0.2) is 0 Å². The average Bonchev–Trinajstić information content (AvgIpc) is 3.24. The van der Waals surface area contributed by atoms with Crippen LogP contribution in [-0.2, 0) is 11.3 Å². The van der Waals surface area contributed by atoms with Gasteiger partial charge in [-0.25, -0.2) is 14.2 Å². The van der Waals surface area contributed by atoms with Crippen molar-refractivity contribution in [2.45, 2.75) is 13.0 Å². The van der Waals surface area contributed by atoms with Gasteiger partial charge in [0.25, 0.3) is 5.56 Å². The van der Waals surface area contributed by atoms with Crippen LogP contribution in [0.15, 0.2) is 46.8 Å². The maximum Gasteiger partial charge on any atom is 0.321 e. The predicted molar refractivity (Wildman–Crippen MR) is 112 cm³/mol. The summed E-state index contributed by atoms with van der Waals surface area (Å²) in [6.45, 7) is 1.92. The third-order valence-electron chi connectivity index (χ3n) is 5.03. The minimum Gasteiger partial charge on any atom is -0.339 e. The number of hydrogen-bond acceptors (Lipinski definition) is 5. The number of aromatic nitrogens is 2. The van der Waals surface area contributed by atoms with Gasteiger partial charge in [-0.3, -0.25) is 14.2 Å². The van der Waals surface area contributed by atoms with E-state index in [1.165, 1.54) is 46.5 Å². The first-order chi connectivity index (χ1) is 14.5. The Morgan fingerprint density at radius 3 is 2.50 bits per heavy atom. The van der Waals surface area contributed by atoms with Gasteiger partial charge >= 0.3 is 6.03 Å². The number of thiophene rings is 1. The van der Waals surface area contributed by atoms with Crippen LogP contribution in [0.4, 0.5) is 14.9 Å². The standard InChI is InChI=1S/C20H20FN5O3S/c21-14-1-3-15(4-2-14)23-20(29)25-10-8-24(9-11-25)17(27)5-7-26-13-22-18-16(19(26)28)6-12-30-18/h1-4,6,12-13H,5,7-11H2,(H,23,29). The first-order valence-electron chi connectivity index (χ1n) is 9.53. The highest BCUT2D eigenvalue weighted by Crippen LogP contribution is 2.14. The van der Waals surface area contributed by atoms with Crippen LogP contribution in [0.3, 0.4) is 0 Å². The highest BCUT2D eigenvalue weighted by molar-refractivity contribution is 7.16. The molecule has 1 fully saturated rings. The quantitative estimate of drug-likeness (QED) is 0.690. The van der Waals surface area contributed by atoms with Crippen LogP contribution >= 0.6 is 11.3 Å². The fourth-order valence-electron chi connectivity index (χ4n) is 3.32. The largest absolute Gasteiger partial charge is 0.339 e. The van der Waals surface area contributed by atoms with Crippen molar-refractivity contribution in [3.8, 4) is 0 Å². The predicted octanol–water partition coefficient (Wildman–Crippen LogP) is 2.36. The Hall–Kier alpha value is -3.27. The monoisotopic (exact) mass is 429 g/mol. The highest BCUT2D eigenvalue weighted by atomic mass is 32.1. The lowest BCUT2D eigenvalue weighted by molar-refractivity contribution is -0.132. The van der Waals surface area contributed by atoms with Crippen molar-refractivity contribution in [1.82, 2.24) is 19.4 Å². The molecule has 0 saturated carbocycles. The second kappa shape index (κ2) is 8.62. The van der Waals surface area contributed by atoms with E-state index >= 15 is 0 Å². The Morgan fingerprint density at radius 2 is 1.77 bits per heavy atom. The van der Waals surface area contributed by atoms with Crippen LogP contribution in [0.25, 0.3) is 10.2 Å². The molecule has 0 atom stereocenters. The molecule has 1 aromatic carbocycles. The first kappa shape index (κ1) is 20.0. The zero-order chi connectivity index (χ0) is 21.1. The van der Waals surface area contributed by atoms with E-state index in [1.807, 2.05) is 5.38 Å². The van der Waals surface area contributed by atoms with E-state index in [-0.39, 0.29) is 36.3 Å². The molecule has 1 N–H and O–H groups in total. The van der Waals surface area contributed by atoms with Gasteiger partial charge in [-0.05, 0) is 35.7 Å². The van der Waals surface area contributed by atoms with Gasteiger partial charge in [-0.2, -0.15) is 0 Å². The number of nitrogens with zero attached hydrogens (tertiary/aromatic N) is 4. The van der Waals surface area contributed by atoms with Gasteiger partial charge in [0.2, 0.25) is 5.91 Å². The molecule has 3 aromatic rings. The summed E-state index contributed by atoms with van der Waals surface area (Å²) >= 11 is 1.41. The van der Waals surface area contributed by atoms with Gasteiger partial charge in [0.1, 0.15) is 10.6 Å². The Bertz CT molecular complexity index is 1120. The molecule has 0 bridgehead atoms. The number of fused-ring (bicyclic) bond motifs is 1. The van der Waals surface area contributed by atoms with Crippen LogP contribution in [0.5, 0.6) is 0 Å². The minimum absolute atomic E-state index is 0.0640. The summed E-state index contributed by atoms with van der Waals surface area (Å²) in [7, 11) is 0. The summed E-state index contributed by atoms with van der Waals surface area (Å²) in [5.74, 6) is -0.431. The highest BCUT2D eigenvalue weighted by Gasteiger charge is 2.24. The number of amides is 3. The molecule has 0 aliphatic carbocycles. The van der Waals surface area contributed by atoms with Crippen molar-refractivity contribution in [2.24, 2.45) is 0 Å². The lowest BCUT2D eigenvalue weighted by Crippen LogP contribution is -2.51. The number of nitrogens with one attached hydrogen (secondary N) is 1. The SMILES string of the molecule is O=C(CCn1cnc2sccc2c1=O)N1CCN(C(=O)Nc2ccc(F)cc2)CC1. The van der Waals surface area contributed by atoms with Crippen molar-refractivity contribution < 1.29 is 14.0 Å². The van der Waals surface area contributed by atoms with E-state index in [0.717, 1.165) is 0 Å². The molecular weight excluding hydrogens is 409 g/mol. The van der Waals surface area contributed by atoms with Gasteiger partial charge in [0, 0.05) is 44.8 Å². The maximum atomic E-state index is 13.0. The zero-order valence-corrected chi connectivity index (χ0v) is 16.9. The number of urea groups is 1. The summed E-state index contributed by atoms with van der Waals surface area (Å²) in [4.78, 5) is 45.5. The smallest absolute Gasteiger partial charge is 0.321 e. The molecule has 156 valence electrons. The molecule has 30 heavy (non-hydrogen) atoms. The van der Waals surface area contributed by atoms with Crippen LogP contribution < -0.4 is 10.9 Å². The molecule has 3 amide bonds. The van der Waals surface area contributed by atoms with E-state index in [9.17, 15) is 18.8 Å². The van der Waals surface area contributed by atoms with Crippen molar-refractivity contribution in [3.63, 3.8) is 0 Å². The molecule has 1 aliphatic heterocycles. The minimum atomic E-state index is -0.367. The Morgan fingerprint density at radius 1 is 1.07 bits per heavy atom. The molecule has 1 saturated heterocycles. The average molecular weight is 429 g/mol. The summed E-state index contributed by atoms with van der Waals surface area (Å²) in [6, 6.07) is 7.01. The number of carbonyl (C=O) groups is 2. The van der Waals surface area contributed by atoms with Gasteiger partial charge < -0.3 is 15.1 Å². The van der Waals surface area contributed by atoms with Gasteiger partial charge in [-0.1, -0.05) is 0 Å². The van der Waals surface area contributed by atoms with Crippen molar-refractivity contribution in [2.75, 3.05) is 31.5 Å². The zero-order valence-electron chi connectivity index (χ0n) is 16.1. The number of hydrogen-bond donors (Lipinski definition) is 1. The number of piperazine rings is 1. The lowest BCUT2D eigenvalue weighted by atomic mass is 10.2. The molecule has 3 heterocycles.